The van der Waals surface area contributed by atoms with Crippen molar-refractivity contribution in [2.24, 2.45) is 0 Å². The average molecular weight is 185 g/mol. The van der Waals surface area contributed by atoms with Crippen LogP contribution in [-0.4, -0.2) is 25.8 Å². The number of nitro groups is 1. The predicted octanol–water partition coefficient (Wildman–Crippen LogP) is 0.509. The second kappa shape index (κ2) is 3.21. The monoisotopic (exact) mass is 185 g/mol. The van der Waals surface area contributed by atoms with Crippen molar-refractivity contribution in [1.29, 1.82) is 0 Å². The fraction of sp³-hybridized carbons (Fsp3) is 0.333. The Morgan fingerprint density at radius 3 is 2.77 bits per heavy atom. The van der Waals surface area contributed by atoms with Gasteiger partial charge in [-0.3, -0.25) is 14.8 Å². The van der Waals surface area contributed by atoms with Gasteiger partial charge in [-0.05, 0) is 6.92 Å². The Hall–Kier alpha value is -1.92. The Morgan fingerprint density at radius 1 is 1.85 bits per heavy atom. The maximum absolute atomic E-state index is 10.5. The third-order valence-corrected chi connectivity index (χ3v) is 1.47. The quantitative estimate of drug-likeness (QED) is 0.546. The highest BCUT2D eigenvalue weighted by Crippen LogP contribution is 2.15. The fourth-order valence-electron chi connectivity index (χ4n) is 0.859. The number of rotatable bonds is 3. The molecule has 1 N–H and O–H groups in total. The van der Waals surface area contributed by atoms with Gasteiger partial charge in [0.2, 0.25) is 5.69 Å². The van der Waals surface area contributed by atoms with Crippen LogP contribution in [0.3, 0.4) is 0 Å². The first kappa shape index (κ1) is 9.17. The van der Waals surface area contributed by atoms with Gasteiger partial charge in [-0.2, -0.15) is 5.10 Å². The molecule has 1 rings (SSSR count). The maximum atomic E-state index is 10.5. The molecule has 0 bridgehead atoms. The highest BCUT2D eigenvalue weighted by atomic mass is 16.6. The summed E-state index contributed by atoms with van der Waals surface area (Å²) in [6.07, 6.45) is 1.10. The smallest absolute Gasteiger partial charge is 0.363 e. The van der Waals surface area contributed by atoms with Gasteiger partial charge in [0, 0.05) is 6.54 Å². The Kier molecular flexibility index (Phi) is 2.27. The van der Waals surface area contributed by atoms with Crippen molar-refractivity contribution in [2.45, 2.75) is 13.5 Å². The van der Waals surface area contributed by atoms with Gasteiger partial charge in [0.1, 0.15) is 6.20 Å². The van der Waals surface area contributed by atoms with E-state index in [0.29, 0.717) is 6.54 Å². The lowest BCUT2D eigenvalue weighted by Crippen LogP contribution is -2.02. The largest absolute Gasteiger partial charge is 0.476 e. The highest BCUT2D eigenvalue weighted by molar-refractivity contribution is 5.89. The third kappa shape index (κ3) is 1.63. The number of hydrogen-bond acceptors (Lipinski definition) is 4. The van der Waals surface area contributed by atoms with Crippen LogP contribution < -0.4 is 0 Å². The number of carbonyl (C=O) groups is 1. The van der Waals surface area contributed by atoms with Crippen LogP contribution in [-0.2, 0) is 6.54 Å². The van der Waals surface area contributed by atoms with Gasteiger partial charge in [0.05, 0.1) is 4.92 Å². The van der Waals surface area contributed by atoms with E-state index in [0.717, 1.165) is 6.20 Å². The van der Waals surface area contributed by atoms with Crippen LogP contribution in [0.1, 0.15) is 17.4 Å². The van der Waals surface area contributed by atoms with Crippen LogP contribution in [0.5, 0.6) is 0 Å². The minimum absolute atomic E-state index is 0.397. The molecule has 0 saturated carbocycles. The Bertz CT molecular complexity index is 325. The maximum Gasteiger partial charge on any atom is 0.363 e. The zero-order chi connectivity index (χ0) is 10.0. The lowest BCUT2D eigenvalue weighted by Gasteiger charge is -1.88. The number of hydrogen-bond donors (Lipinski definition) is 1. The minimum atomic E-state index is -1.39. The van der Waals surface area contributed by atoms with E-state index in [2.05, 4.69) is 5.10 Å². The van der Waals surface area contributed by atoms with Crippen molar-refractivity contribution in [3.63, 3.8) is 0 Å². The summed E-state index contributed by atoms with van der Waals surface area (Å²) < 4.78 is 1.21. The second-order valence-corrected chi connectivity index (χ2v) is 2.28. The predicted molar refractivity (Wildman–Crippen MR) is 41.5 cm³/mol. The van der Waals surface area contributed by atoms with Gasteiger partial charge in [-0.25, -0.2) is 4.79 Å². The number of nitrogens with zero attached hydrogens (tertiary/aromatic N) is 3. The molecule has 0 aliphatic rings. The normalized spacial score (nSPS) is 9.92. The van der Waals surface area contributed by atoms with E-state index in [1.165, 1.54) is 4.68 Å². The van der Waals surface area contributed by atoms with Gasteiger partial charge in [0.15, 0.2) is 0 Å². The van der Waals surface area contributed by atoms with Crippen LogP contribution in [0.25, 0.3) is 0 Å². The summed E-state index contributed by atoms with van der Waals surface area (Å²) in [6.45, 7) is 2.11. The molecule has 0 saturated heterocycles. The van der Waals surface area contributed by atoms with Crippen LogP contribution >= 0.6 is 0 Å². The highest BCUT2D eigenvalue weighted by Gasteiger charge is 2.24. The molecule has 0 amide bonds. The Morgan fingerprint density at radius 2 is 2.46 bits per heavy atom. The van der Waals surface area contributed by atoms with Crippen LogP contribution in [0, 0.1) is 10.1 Å². The fourth-order valence-corrected chi connectivity index (χ4v) is 0.859. The molecule has 0 unspecified atom stereocenters. The molecule has 1 aromatic heterocycles. The SMILES string of the molecule is CCn1cc([N+](=O)[O-])c(C(=O)O)n1. The van der Waals surface area contributed by atoms with E-state index in [1.54, 1.807) is 6.92 Å². The van der Waals surface area contributed by atoms with E-state index in [9.17, 15) is 14.9 Å². The first-order valence-corrected chi connectivity index (χ1v) is 3.51. The Balaban J connectivity index is 3.23. The van der Waals surface area contributed by atoms with Crippen molar-refractivity contribution >= 4 is 11.7 Å². The van der Waals surface area contributed by atoms with Crippen molar-refractivity contribution in [3.05, 3.63) is 22.0 Å². The number of aryl methyl sites for hydroxylation is 1. The van der Waals surface area contributed by atoms with E-state index >= 15 is 0 Å². The number of carboxylic acid groups (broad SMARTS) is 1. The van der Waals surface area contributed by atoms with Gasteiger partial charge >= 0.3 is 11.7 Å². The van der Waals surface area contributed by atoms with Gasteiger partial charge in [-0.1, -0.05) is 0 Å². The summed E-state index contributed by atoms with van der Waals surface area (Å²) in [5, 5.41) is 22.4. The zero-order valence-corrected chi connectivity index (χ0v) is 6.80. The summed E-state index contributed by atoms with van der Waals surface area (Å²) in [5.74, 6) is -1.39. The van der Waals surface area contributed by atoms with Gasteiger partial charge < -0.3 is 5.11 Å². The topological polar surface area (TPSA) is 98.3 Å². The molecule has 7 heteroatoms. The van der Waals surface area contributed by atoms with Gasteiger partial charge in [-0.15, -0.1) is 0 Å². The van der Waals surface area contributed by atoms with Gasteiger partial charge in [0.25, 0.3) is 0 Å². The molecule has 1 aromatic rings. The average Bonchev–Trinajstić information content (AvgIpc) is 2.47. The Labute approximate surface area is 72.7 Å². The first-order valence-electron chi connectivity index (χ1n) is 3.51. The molecule has 0 atom stereocenters. The lowest BCUT2D eigenvalue weighted by molar-refractivity contribution is -0.385. The van der Waals surface area contributed by atoms with Crippen molar-refractivity contribution in [2.75, 3.05) is 0 Å². The van der Waals surface area contributed by atoms with E-state index < -0.39 is 22.3 Å². The first-order chi connectivity index (χ1) is 6.06. The summed E-state index contributed by atoms with van der Waals surface area (Å²) in [5.41, 5.74) is -0.999. The summed E-state index contributed by atoms with van der Waals surface area (Å²) >= 11 is 0. The molecule has 0 fully saturated rings. The van der Waals surface area contributed by atoms with E-state index in [-0.39, 0.29) is 0 Å². The van der Waals surface area contributed by atoms with Crippen LogP contribution in [0.15, 0.2) is 6.20 Å². The zero-order valence-electron chi connectivity index (χ0n) is 6.80. The molecular formula is C6H7N3O4. The molecule has 7 nitrogen and oxygen atoms in total. The summed E-state index contributed by atoms with van der Waals surface area (Å²) in [4.78, 5) is 20.1. The minimum Gasteiger partial charge on any atom is -0.476 e. The standard InChI is InChI=1S/C6H7N3O4/c1-2-8-3-4(9(12)13)5(7-8)6(10)11/h3H,2H2,1H3,(H,10,11). The molecule has 0 aliphatic carbocycles. The molecular weight excluding hydrogens is 178 g/mol. The van der Waals surface area contributed by atoms with Crippen LogP contribution in [0.2, 0.25) is 0 Å². The van der Waals surface area contributed by atoms with Crippen molar-refractivity contribution < 1.29 is 14.8 Å². The molecule has 70 valence electrons. The molecule has 0 aromatic carbocycles. The third-order valence-electron chi connectivity index (χ3n) is 1.47. The molecule has 0 radical (unpaired) electrons. The molecule has 0 spiro atoms. The van der Waals surface area contributed by atoms with Crippen molar-refractivity contribution in [1.82, 2.24) is 9.78 Å². The summed E-state index contributed by atoms with van der Waals surface area (Å²) in [6, 6.07) is 0. The summed E-state index contributed by atoms with van der Waals surface area (Å²) in [7, 11) is 0. The number of carboxylic acids is 1. The van der Waals surface area contributed by atoms with E-state index in [1.807, 2.05) is 0 Å². The van der Waals surface area contributed by atoms with E-state index in [4.69, 9.17) is 5.11 Å². The number of aromatic carboxylic acids is 1. The van der Waals surface area contributed by atoms with Crippen molar-refractivity contribution in [3.8, 4) is 0 Å². The second-order valence-electron chi connectivity index (χ2n) is 2.28. The number of aromatic nitrogens is 2. The lowest BCUT2D eigenvalue weighted by atomic mass is 10.4. The molecule has 0 aliphatic heterocycles. The molecule has 1 heterocycles. The van der Waals surface area contributed by atoms with Crippen LogP contribution in [0.4, 0.5) is 5.69 Å². The molecule has 13 heavy (non-hydrogen) atoms.